The first kappa shape index (κ1) is 22.5. The Bertz CT molecular complexity index is 1400. The lowest BCUT2D eigenvalue weighted by molar-refractivity contribution is -0.111. The number of hydrogen-bond acceptors (Lipinski definition) is 7. The van der Waals surface area contributed by atoms with Gasteiger partial charge < -0.3 is 20.3 Å². The van der Waals surface area contributed by atoms with Crippen LogP contribution in [0.2, 0.25) is 0 Å². The topological polar surface area (TPSA) is 96.7 Å². The van der Waals surface area contributed by atoms with Crippen molar-refractivity contribution in [1.82, 2.24) is 24.5 Å². The van der Waals surface area contributed by atoms with Crippen molar-refractivity contribution in [2.45, 2.75) is 12.5 Å². The van der Waals surface area contributed by atoms with Crippen molar-refractivity contribution in [3.8, 4) is 17.1 Å². The van der Waals surface area contributed by atoms with E-state index in [0.717, 1.165) is 19.5 Å². The molecule has 4 aromatic rings. The summed E-state index contributed by atoms with van der Waals surface area (Å²) < 4.78 is 21.5. The number of benzene rings is 2. The number of halogens is 1. The van der Waals surface area contributed by atoms with Crippen LogP contribution in [0.4, 0.5) is 21.7 Å². The summed E-state index contributed by atoms with van der Waals surface area (Å²) in [7, 11) is 2.05. The zero-order valence-electron chi connectivity index (χ0n) is 19.1. The third-order valence-electron chi connectivity index (χ3n) is 5.68. The van der Waals surface area contributed by atoms with E-state index in [0.29, 0.717) is 40.0 Å². The predicted octanol–water partition coefficient (Wildman–Crippen LogP) is 3.88. The Kier molecular flexibility index (Phi) is 6.11. The molecule has 0 radical (unpaired) electrons. The fourth-order valence-corrected chi connectivity index (χ4v) is 3.97. The van der Waals surface area contributed by atoms with E-state index in [1.54, 1.807) is 41.2 Å². The van der Waals surface area contributed by atoms with Crippen LogP contribution in [-0.4, -0.2) is 56.6 Å². The van der Waals surface area contributed by atoms with Crippen LogP contribution in [0.5, 0.6) is 5.75 Å². The molecule has 3 heterocycles. The molecule has 1 saturated heterocycles. The number of aromatic nitrogens is 4. The van der Waals surface area contributed by atoms with Gasteiger partial charge in [0.05, 0.1) is 18.1 Å². The van der Waals surface area contributed by atoms with Crippen molar-refractivity contribution >= 4 is 28.7 Å². The first-order chi connectivity index (χ1) is 17.0. The van der Waals surface area contributed by atoms with Crippen LogP contribution in [0, 0.1) is 5.82 Å². The lowest BCUT2D eigenvalue weighted by atomic mass is 10.2. The predicted molar refractivity (Wildman–Crippen MR) is 131 cm³/mol. The summed E-state index contributed by atoms with van der Waals surface area (Å²) in [6, 6.07) is 11.5. The molecule has 2 N–H and O–H groups in total. The molecule has 1 atom stereocenters. The normalized spacial score (nSPS) is 15.8. The Hall–Kier alpha value is -4.31. The second-order valence-corrected chi connectivity index (χ2v) is 8.33. The van der Waals surface area contributed by atoms with Gasteiger partial charge in [-0.3, -0.25) is 4.79 Å². The minimum atomic E-state index is -0.354. The minimum Gasteiger partial charge on any atom is -0.487 e. The van der Waals surface area contributed by atoms with Crippen LogP contribution < -0.4 is 15.4 Å². The first-order valence-electron chi connectivity index (χ1n) is 11.1. The average Bonchev–Trinajstić information content (AvgIpc) is 3.46. The highest BCUT2D eigenvalue weighted by atomic mass is 19.1. The van der Waals surface area contributed by atoms with Gasteiger partial charge in [0.15, 0.2) is 5.82 Å². The Balaban J connectivity index is 1.43. The molecule has 0 bridgehead atoms. The Labute approximate surface area is 201 Å². The van der Waals surface area contributed by atoms with Crippen LogP contribution in [0.1, 0.15) is 6.42 Å². The minimum absolute atomic E-state index is 0.0476. The molecule has 9 nitrogen and oxygen atoms in total. The van der Waals surface area contributed by atoms with Gasteiger partial charge in [0.25, 0.3) is 0 Å². The van der Waals surface area contributed by atoms with Gasteiger partial charge in [0.1, 0.15) is 23.2 Å². The van der Waals surface area contributed by atoms with Crippen molar-refractivity contribution in [2.75, 3.05) is 30.8 Å². The van der Waals surface area contributed by atoms with E-state index in [9.17, 15) is 9.18 Å². The van der Waals surface area contributed by atoms with E-state index < -0.39 is 0 Å². The molecule has 1 aliphatic heterocycles. The molecule has 1 unspecified atom stereocenters. The summed E-state index contributed by atoms with van der Waals surface area (Å²) in [5, 5.41) is 10.5. The molecular weight excluding hydrogens is 449 g/mol. The molecular formula is C25H24FN7O2. The zero-order chi connectivity index (χ0) is 24.4. The third kappa shape index (κ3) is 4.97. The molecule has 10 heteroatoms. The summed E-state index contributed by atoms with van der Waals surface area (Å²) in [4.78, 5) is 22.9. The molecule has 1 amide bonds. The van der Waals surface area contributed by atoms with Crippen LogP contribution >= 0.6 is 0 Å². The number of likely N-dealkylation sites (tertiary alicyclic amines) is 1. The van der Waals surface area contributed by atoms with E-state index in [1.807, 2.05) is 13.1 Å². The number of likely N-dealkylation sites (N-methyl/N-ethyl adjacent to an activating group) is 1. The maximum atomic E-state index is 13.7. The SMILES string of the molecule is C=CC(=O)Nc1cc(Nc2ncc3cnc(-c4cccc(F)c4)n3n2)ccc1OC1CCN(C)C1. The number of anilines is 3. The summed E-state index contributed by atoms with van der Waals surface area (Å²) in [6.45, 7) is 5.31. The molecule has 0 saturated carbocycles. The number of fused-ring (bicyclic) bond motifs is 1. The molecule has 178 valence electrons. The average molecular weight is 474 g/mol. The van der Waals surface area contributed by atoms with Crippen molar-refractivity contribution in [2.24, 2.45) is 0 Å². The number of hydrogen-bond donors (Lipinski definition) is 2. The number of carbonyl (C=O) groups excluding carboxylic acids is 1. The van der Waals surface area contributed by atoms with Gasteiger partial charge in [-0.2, -0.15) is 0 Å². The summed E-state index contributed by atoms with van der Waals surface area (Å²) in [6.07, 6.45) is 5.42. The molecule has 1 aliphatic rings. The maximum Gasteiger partial charge on any atom is 0.247 e. The number of carbonyl (C=O) groups is 1. The Morgan fingerprint density at radius 2 is 2.09 bits per heavy atom. The van der Waals surface area contributed by atoms with Gasteiger partial charge in [0.2, 0.25) is 11.9 Å². The molecule has 2 aromatic heterocycles. The van der Waals surface area contributed by atoms with Gasteiger partial charge >= 0.3 is 0 Å². The highest BCUT2D eigenvalue weighted by Crippen LogP contribution is 2.31. The monoisotopic (exact) mass is 473 g/mol. The second-order valence-electron chi connectivity index (χ2n) is 8.33. The van der Waals surface area contributed by atoms with E-state index in [2.05, 4.69) is 37.2 Å². The highest BCUT2D eigenvalue weighted by molar-refractivity contribution is 6.00. The zero-order valence-corrected chi connectivity index (χ0v) is 19.1. The van der Waals surface area contributed by atoms with Gasteiger partial charge in [-0.25, -0.2) is 18.9 Å². The van der Waals surface area contributed by atoms with Crippen molar-refractivity contribution < 1.29 is 13.9 Å². The molecule has 0 spiro atoms. The fraction of sp³-hybridized carbons (Fsp3) is 0.200. The quantitative estimate of drug-likeness (QED) is 0.393. The van der Waals surface area contributed by atoms with Gasteiger partial charge in [-0.15, -0.1) is 5.10 Å². The lowest BCUT2D eigenvalue weighted by Gasteiger charge is -2.18. The number of nitrogens with one attached hydrogen (secondary N) is 2. The van der Waals surface area contributed by atoms with E-state index in [-0.39, 0.29) is 17.8 Å². The maximum absolute atomic E-state index is 13.7. The second kappa shape index (κ2) is 9.51. The molecule has 2 aromatic carbocycles. The lowest BCUT2D eigenvalue weighted by Crippen LogP contribution is -2.22. The smallest absolute Gasteiger partial charge is 0.247 e. The summed E-state index contributed by atoms with van der Waals surface area (Å²) >= 11 is 0. The van der Waals surface area contributed by atoms with Crippen molar-refractivity contribution in [1.29, 1.82) is 0 Å². The fourth-order valence-electron chi connectivity index (χ4n) is 3.97. The van der Waals surface area contributed by atoms with Crippen molar-refractivity contribution in [3.05, 3.63) is 73.3 Å². The summed E-state index contributed by atoms with van der Waals surface area (Å²) in [5.74, 6) is 0.679. The third-order valence-corrected chi connectivity index (χ3v) is 5.68. The van der Waals surface area contributed by atoms with Crippen LogP contribution in [0.15, 0.2) is 67.5 Å². The molecule has 1 fully saturated rings. The Morgan fingerprint density at radius 1 is 1.23 bits per heavy atom. The van der Waals surface area contributed by atoms with Gasteiger partial charge in [-0.05, 0) is 49.9 Å². The largest absolute Gasteiger partial charge is 0.487 e. The van der Waals surface area contributed by atoms with Crippen LogP contribution in [-0.2, 0) is 4.79 Å². The molecule has 35 heavy (non-hydrogen) atoms. The number of nitrogens with zero attached hydrogens (tertiary/aromatic N) is 5. The molecule has 0 aliphatic carbocycles. The highest BCUT2D eigenvalue weighted by Gasteiger charge is 2.22. The van der Waals surface area contributed by atoms with Crippen LogP contribution in [0.25, 0.3) is 16.9 Å². The van der Waals surface area contributed by atoms with E-state index in [4.69, 9.17) is 4.74 Å². The van der Waals surface area contributed by atoms with Gasteiger partial charge in [0, 0.05) is 24.3 Å². The van der Waals surface area contributed by atoms with Crippen LogP contribution in [0.3, 0.4) is 0 Å². The van der Waals surface area contributed by atoms with Gasteiger partial charge in [-0.1, -0.05) is 18.7 Å². The Morgan fingerprint density at radius 3 is 2.86 bits per heavy atom. The van der Waals surface area contributed by atoms with E-state index >= 15 is 0 Å². The summed E-state index contributed by atoms with van der Waals surface area (Å²) in [5.41, 5.74) is 2.42. The standard InChI is InChI=1S/C25H24FN7O2/c1-3-23(34)30-21-12-18(7-8-22(21)35-20-9-10-32(2)15-20)29-25-28-14-19-13-27-24(33(19)31-25)16-5-4-6-17(26)11-16/h3-8,11-14,20H,1,9-10,15H2,2H3,(H,29,31)(H,30,34). The number of ether oxygens (including phenoxy) is 1. The van der Waals surface area contributed by atoms with Crippen molar-refractivity contribution in [3.63, 3.8) is 0 Å². The van der Waals surface area contributed by atoms with E-state index in [1.165, 1.54) is 18.2 Å². The first-order valence-corrected chi connectivity index (χ1v) is 11.1. The number of rotatable bonds is 7. The number of imidazole rings is 1. The number of amides is 1. The molecule has 5 rings (SSSR count).